The number of phenols is 1. The lowest BCUT2D eigenvalue weighted by molar-refractivity contribution is -0.910. The molecule has 4 aromatic rings. The number of phenolic OH excluding ortho intramolecular Hbond substituents is 1. The van der Waals surface area contributed by atoms with Crippen LogP contribution in [0.25, 0.3) is 31.8 Å². The van der Waals surface area contributed by atoms with Gasteiger partial charge in [-0.15, -0.1) is 11.3 Å². The average molecular weight is 381 g/mol. The molecule has 2 heterocycles. The number of rotatable bonds is 5. The van der Waals surface area contributed by atoms with E-state index >= 15 is 0 Å². The van der Waals surface area contributed by atoms with Crippen LogP contribution in [0.5, 0.6) is 5.75 Å². The first-order valence-electron chi connectivity index (χ1n) is 9.09. The largest absolute Gasteiger partial charge is 0.507 e. The van der Waals surface area contributed by atoms with Crippen LogP contribution in [-0.2, 0) is 6.54 Å². The van der Waals surface area contributed by atoms with Gasteiger partial charge in [-0.25, -0.2) is 9.78 Å². The molecule has 0 unspecified atom stereocenters. The van der Waals surface area contributed by atoms with Crippen LogP contribution in [0.15, 0.2) is 51.7 Å². The molecule has 5 nitrogen and oxygen atoms in total. The van der Waals surface area contributed by atoms with Gasteiger partial charge in [-0.2, -0.15) is 0 Å². The Bertz CT molecular complexity index is 1140. The predicted octanol–water partition coefficient (Wildman–Crippen LogP) is 3.20. The SMILES string of the molecule is CC[NH+](CC)Cc1c(O)ccc2cc(-c3nc4ccccc4s3)c(=O)oc12. The van der Waals surface area contributed by atoms with Crippen molar-refractivity contribution in [3.8, 4) is 16.3 Å². The van der Waals surface area contributed by atoms with E-state index in [4.69, 9.17) is 4.42 Å². The number of benzene rings is 2. The zero-order valence-corrected chi connectivity index (χ0v) is 16.1. The highest BCUT2D eigenvalue weighted by atomic mass is 32.1. The van der Waals surface area contributed by atoms with Crippen LogP contribution in [0.2, 0.25) is 0 Å². The summed E-state index contributed by atoms with van der Waals surface area (Å²) >= 11 is 1.47. The van der Waals surface area contributed by atoms with Crippen molar-refractivity contribution in [3.05, 3.63) is 58.4 Å². The summed E-state index contributed by atoms with van der Waals surface area (Å²) < 4.78 is 6.71. The zero-order valence-electron chi connectivity index (χ0n) is 15.3. The maximum atomic E-state index is 12.7. The van der Waals surface area contributed by atoms with E-state index in [0.29, 0.717) is 28.3 Å². The summed E-state index contributed by atoms with van der Waals surface area (Å²) in [6, 6.07) is 13.1. The van der Waals surface area contributed by atoms with Gasteiger partial charge in [0.25, 0.3) is 0 Å². The van der Waals surface area contributed by atoms with Crippen LogP contribution in [0.4, 0.5) is 0 Å². The van der Waals surface area contributed by atoms with Gasteiger partial charge in [-0.3, -0.25) is 0 Å². The number of thiazole rings is 1. The molecule has 0 radical (unpaired) electrons. The van der Waals surface area contributed by atoms with Crippen molar-refractivity contribution in [1.29, 1.82) is 0 Å². The molecule has 6 heteroatoms. The molecule has 4 rings (SSSR count). The Balaban J connectivity index is 1.87. The minimum atomic E-state index is -0.428. The predicted molar refractivity (Wildman–Crippen MR) is 109 cm³/mol. The van der Waals surface area contributed by atoms with Crippen molar-refractivity contribution >= 4 is 32.5 Å². The van der Waals surface area contributed by atoms with E-state index in [0.717, 1.165) is 28.7 Å². The molecule has 27 heavy (non-hydrogen) atoms. The first kappa shape index (κ1) is 17.7. The second-order valence-corrected chi connectivity index (χ2v) is 7.58. The van der Waals surface area contributed by atoms with Crippen molar-refractivity contribution in [2.75, 3.05) is 13.1 Å². The standard InChI is InChI=1S/C21H20N2O3S/c1-3-23(4-2)12-15-17(24)10-9-13-11-14(21(25)26-19(13)15)20-22-16-7-5-6-8-18(16)27-20/h5-11,24H,3-4,12H2,1-2H3/p+1. The summed E-state index contributed by atoms with van der Waals surface area (Å²) in [5, 5.41) is 11.8. The van der Waals surface area contributed by atoms with Gasteiger partial charge in [0.05, 0.1) is 34.4 Å². The molecule has 0 spiro atoms. The summed E-state index contributed by atoms with van der Waals surface area (Å²) in [7, 11) is 0. The van der Waals surface area contributed by atoms with Crippen molar-refractivity contribution in [2.45, 2.75) is 20.4 Å². The van der Waals surface area contributed by atoms with Crippen LogP contribution in [0.3, 0.4) is 0 Å². The Morgan fingerprint density at radius 3 is 2.67 bits per heavy atom. The molecule has 0 saturated heterocycles. The normalized spacial score (nSPS) is 11.7. The topological polar surface area (TPSA) is 67.8 Å². The molecule has 2 aromatic heterocycles. The average Bonchev–Trinajstić information content (AvgIpc) is 3.11. The third-order valence-electron chi connectivity index (χ3n) is 4.93. The number of nitrogens with one attached hydrogen (secondary N) is 1. The lowest BCUT2D eigenvalue weighted by Gasteiger charge is -2.16. The fraction of sp³-hybridized carbons (Fsp3) is 0.238. The minimum absolute atomic E-state index is 0.165. The van der Waals surface area contributed by atoms with Crippen LogP contribution < -0.4 is 10.5 Å². The molecule has 0 aliphatic heterocycles. The first-order chi connectivity index (χ1) is 13.1. The Morgan fingerprint density at radius 1 is 1.15 bits per heavy atom. The van der Waals surface area contributed by atoms with Gasteiger partial charge >= 0.3 is 5.63 Å². The van der Waals surface area contributed by atoms with Gasteiger partial charge in [-0.1, -0.05) is 12.1 Å². The maximum absolute atomic E-state index is 12.7. The maximum Gasteiger partial charge on any atom is 0.346 e. The summed E-state index contributed by atoms with van der Waals surface area (Å²) in [5.74, 6) is 0.165. The Kier molecular flexibility index (Phi) is 4.68. The van der Waals surface area contributed by atoms with Gasteiger partial charge in [0.15, 0.2) is 5.58 Å². The summed E-state index contributed by atoms with van der Waals surface area (Å²) in [5.41, 5.74) is 2.04. The lowest BCUT2D eigenvalue weighted by atomic mass is 10.1. The summed E-state index contributed by atoms with van der Waals surface area (Å²) in [4.78, 5) is 18.6. The third kappa shape index (κ3) is 3.22. The quantitative estimate of drug-likeness (QED) is 0.521. The lowest BCUT2D eigenvalue weighted by Crippen LogP contribution is -3.10. The van der Waals surface area contributed by atoms with Gasteiger partial charge < -0.3 is 14.4 Å². The van der Waals surface area contributed by atoms with Crippen molar-refractivity contribution in [3.63, 3.8) is 0 Å². The van der Waals surface area contributed by atoms with E-state index in [1.165, 1.54) is 16.2 Å². The van der Waals surface area contributed by atoms with Crippen molar-refractivity contribution in [2.24, 2.45) is 0 Å². The van der Waals surface area contributed by atoms with Crippen molar-refractivity contribution < 1.29 is 14.4 Å². The molecule has 0 amide bonds. The highest BCUT2D eigenvalue weighted by Gasteiger charge is 2.18. The monoisotopic (exact) mass is 381 g/mol. The first-order valence-corrected chi connectivity index (χ1v) is 9.90. The van der Waals surface area contributed by atoms with Crippen LogP contribution in [-0.4, -0.2) is 23.2 Å². The van der Waals surface area contributed by atoms with Gasteiger partial charge in [-0.05, 0) is 44.2 Å². The van der Waals surface area contributed by atoms with Crippen molar-refractivity contribution in [1.82, 2.24) is 4.98 Å². The Hall–Kier alpha value is -2.70. The molecule has 0 saturated carbocycles. The van der Waals surface area contributed by atoms with E-state index in [9.17, 15) is 9.90 Å². The highest BCUT2D eigenvalue weighted by molar-refractivity contribution is 7.21. The van der Waals surface area contributed by atoms with Crippen LogP contribution >= 0.6 is 11.3 Å². The number of hydrogen-bond acceptors (Lipinski definition) is 5. The second kappa shape index (κ2) is 7.13. The number of para-hydroxylation sites is 1. The Morgan fingerprint density at radius 2 is 1.93 bits per heavy atom. The van der Waals surface area contributed by atoms with E-state index in [2.05, 4.69) is 18.8 Å². The van der Waals surface area contributed by atoms with Gasteiger partial charge in [0.2, 0.25) is 0 Å². The van der Waals surface area contributed by atoms with Crippen LogP contribution in [0, 0.1) is 0 Å². The summed E-state index contributed by atoms with van der Waals surface area (Å²) in [6.07, 6.45) is 0. The smallest absolute Gasteiger partial charge is 0.346 e. The molecular weight excluding hydrogens is 360 g/mol. The zero-order chi connectivity index (χ0) is 19.0. The molecule has 0 aliphatic carbocycles. The Labute approximate surface area is 160 Å². The van der Waals surface area contributed by atoms with E-state index in [1.807, 2.05) is 30.3 Å². The molecule has 2 aromatic carbocycles. The molecule has 138 valence electrons. The molecule has 0 bridgehead atoms. The number of fused-ring (bicyclic) bond motifs is 2. The van der Waals surface area contributed by atoms with Gasteiger partial charge in [0, 0.05) is 5.39 Å². The molecule has 2 N–H and O–H groups in total. The highest BCUT2D eigenvalue weighted by Crippen LogP contribution is 2.32. The minimum Gasteiger partial charge on any atom is -0.507 e. The summed E-state index contributed by atoms with van der Waals surface area (Å²) in [6.45, 7) is 6.67. The fourth-order valence-electron chi connectivity index (χ4n) is 3.29. The number of hydrogen-bond donors (Lipinski definition) is 2. The second-order valence-electron chi connectivity index (χ2n) is 6.55. The number of quaternary nitrogens is 1. The van der Waals surface area contributed by atoms with Crippen LogP contribution in [0.1, 0.15) is 19.4 Å². The van der Waals surface area contributed by atoms with E-state index in [-0.39, 0.29) is 5.75 Å². The molecule has 0 aliphatic rings. The number of nitrogens with zero attached hydrogens (tertiary/aromatic N) is 1. The van der Waals surface area contributed by atoms with E-state index in [1.54, 1.807) is 12.1 Å². The molecular formula is C21H21N2O3S+. The van der Waals surface area contributed by atoms with E-state index < -0.39 is 5.63 Å². The molecule has 0 fully saturated rings. The molecule has 0 atom stereocenters. The number of aromatic nitrogens is 1. The fourth-order valence-corrected chi connectivity index (χ4v) is 4.26. The number of aromatic hydroxyl groups is 1. The third-order valence-corrected chi connectivity index (χ3v) is 6.00. The van der Waals surface area contributed by atoms with Gasteiger partial charge in [0.1, 0.15) is 17.3 Å².